The van der Waals surface area contributed by atoms with E-state index in [1.807, 2.05) is 18.7 Å². The second-order valence-corrected chi connectivity index (χ2v) is 5.95. The molecule has 0 saturated carbocycles. The zero-order valence-electron chi connectivity index (χ0n) is 10.6. The van der Waals surface area contributed by atoms with Gasteiger partial charge in [-0.25, -0.2) is 9.78 Å². The first kappa shape index (κ1) is 14.3. The summed E-state index contributed by atoms with van der Waals surface area (Å²) in [6.07, 6.45) is 0. The summed E-state index contributed by atoms with van der Waals surface area (Å²) >= 11 is 3.23. The molecule has 0 spiro atoms. The summed E-state index contributed by atoms with van der Waals surface area (Å²) in [5, 5.41) is 4.08. The third-order valence-electron chi connectivity index (χ3n) is 2.11. The Hall–Kier alpha value is -0.750. The van der Waals surface area contributed by atoms with E-state index in [0.29, 0.717) is 10.9 Å². The maximum Gasteiger partial charge on any atom is 0.350 e. The Kier molecular flexibility index (Phi) is 5.77. The maximum absolute atomic E-state index is 11.4. The van der Waals surface area contributed by atoms with Crippen LogP contribution in [0.5, 0.6) is 0 Å². The number of nitrogens with zero attached hydrogens (tertiary/aromatic N) is 1. The molecule has 0 aliphatic carbocycles. The molecule has 0 aliphatic rings. The molecule has 1 aromatic heterocycles. The van der Waals surface area contributed by atoms with Crippen molar-refractivity contribution in [2.24, 2.45) is 0 Å². The monoisotopic (exact) mass is 274 g/mol. The van der Waals surface area contributed by atoms with Crippen molar-refractivity contribution in [1.82, 2.24) is 4.98 Å². The molecule has 0 fully saturated rings. The number of nitrogens with one attached hydrogen (secondary N) is 1. The van der Waals surface area contributed by atoms with Gasteiger partial charge < -0.3 is 10.1 Å². The zero-order chi connectivity index (χ0) is 12.8. The highest BCUT2D eigenvalue weighted by molar-refractivity contribution is 7.99. The zero-order valence-corrected chi connectivity index (χ0v) is 12.2. The van der Waals surface area contributed by atoms with E-state index in [-0.39, 0.29) is 5.97 Å². The van der Waals surface area contributed by atoms with Gasteiger partial charge in [0.05, 0.1) is 12.8 Å². The fraction of sp³-hybridized carbons (Fsp3) is 0.636. The van der Waals surface area contributed by atoms with E-state index in [1.165, 1.54) is 18.4 Å². The lowest BCUT2D eigenvalue weighted by Crippen LogP contribution is -2.17. The number of ether oxygens (including phenoxy) is 1. The lowest BCUT2D eigenvalue weighted by Gasteiger charge is -2.11. The molecule has 0 bridgehead atoms. The Bertz CT molecular complexity index is 380. The number of carbonyl (C=O) groups is 1. The topological polar surface area (TPSA) is 51.2 Å². The molecule has 0 amide bonds. The van der Waals surface area contributed by atoms with E-state index < -0.39 is 0 Å². The van der Waals surface area contributed by atoms with Gasteiger partial charge in [-0.05, 0) is 19.6 Å². The Balaban J connectivity index is 2.63. The average molecular weight is 274 g/mol. The minimum Gasteiger partial charge on any atom is -0.465 e. The lowest BCUT2D eigenvalue weighted by atomic mass is 10.4. The van der Waals surface area contributed by atoms with Crippen LogP contribution in [0.2, 0.25) is 0 Å². The molecule has 0 saturated heterocycles. The molecule has 1 aromatic rings. The number of aryl methyl sites for hydroxylation is 1. The van der Waals surface area contributed by atoms with Crippen molar-refractivity contribution in [2.45, 2.75) is 26.8 Å². The average Bonchev–Trinajstić information content (AvgIpc) is 2.66. The van der Waals surface area contributed by atoms with Crippen LogP contribution in [0.3, 0.4) is 0 Å². The first-order valence-corrected chi connectivity index (χ1v) is 7.45. The number of anilines is 1. The Morgan fingerprint density at radius 3 is 2.94 bits per heavy atom. The van der Waals surface area contributed by atoms with Crippen LogP contribution >= 0.6 is 23.1 Å². The minimum absolute atomic E-state index is 0.316. The van der Waals surface area contributed by atoms with Crippen molar-refractivity contribution in [3.05, 3.63) is 10.6 Å². The first-order chi connectivity index (χ1) is 8.08. The fourth-order valence-electron chi connectivity index (χ4n) is 1.29. The van der Waals surface area contributed by atoms with Crippen LogP contribution in [0.4, 0.5) is 5.13 Å². The van der Waals surface area contributed by atoms with E-state index in [1.54, 1.807) is 0 Å². The lowest BCUT2D eigenvalue weighted by molar-refractivity contribution is 0.0605. The van der Waals surface area contributed by atoms with E-state index in [4.69, 9.17) is 4.74 Å². The molecular weight excluding hydrogens is 256 g/mol. The molecule has 17 heavy (non-hydrogen) atoms. The van der Waals surface area contributed by atoms with Crippen molar-refractivity contribution in [1.29, 1.82) is 0 Å². The third kappa shape index (κ3) is 4.20. The number of thiazole rings is 1. The van der Waals surface area contributed by atoms with Gasteiger partial charge in [0.15, 0.2) is 5.13 Å². The molecule has 4 nitrogen and oxygen atoms in total. The fourth-order valence-corrected chi connectivity index (χ4v) is 2.96. The minimum atomic E-state index is -0.316. The first-order valence-electron chi connectivity index (χ1n) is 5.48. The summed E-state index contributed by atoms with van der Waals surface area (Å²) in [6, 6.07) is 0.344. The van der Waals surface area contributed by atoms with Gasteiger partial charge in [-0.15, -0.1) is 0 Å². The van der Waals surface area contributed by atoms with Gasteiger partial charge in [-0.1, -0.05) is 18.3 Å². The van der Waals surface area contributed by atoms with Gasteiger partial charge in [-0.3, -0.25) is 0 Å². The molecule has 0 aliphatic heterocycles. The standard InChI is InChI=1S/C11H18N2O2S2/c1-5-16-6-7(2)12-11-13-8(3)9(17-11)10(14)15-4/h7H,5-6H2,1-4H3,(H,12,13). The molecular formula is C11H18N2O2S2. The number of carbonyl (C=O) groups excluding carboxylic acids is 1. The van der Waals surface area contributed by atoms with Crippen molar-refractivity contribution in [3.8, 4) is 0 Å². The summed E-state index contributed by atoms with van der Waals surface area (Å²) in [7, 11) is 1.38. The van der Waals surface area contributed by atoms with Crippen molar-refractivity contribution >= 4 is 34.2 Å². The quantitative estimate of drug-likeness (QED) is 0.808. The molecule has 1 N–H and O–H groups in total. The van der Waals surface area contributed by atoms with Gasteiger partial charge in [0.2, 0.25) is 0 Å². The molecule has 0 radical (unpaired) electrons. The number of thioether (sulfide) groups is 1. The van der Waals surface area contributed by atoms with E-state index in [0.717, 1.165) is 22.3 Å². The Morgan fingerprint density at radius 2 is 2.35 bits per heavy atom. The van der Waals surface area contributed by atoms with E-state index in [2.05, 4.69) is 24.1 Å². The summed E-state index contributed by atoms with van der Waals surface area (Å²) in [5.41, 5.74) is 0.722. The van der Waals surface area contributed by atoms with Crippen LogP contribution in [0.15, 0.2) is 0 Å². The number of hydrogen-bond acceptors (Lipinski definition) is 6. The highest BCUT2D eigenvalue weighted by atomic mass is 32.2. The summed E-state index contributed by atoms with van der Waals surface area (Å²) < 4.78 is 4.70. The third-order valence-corrected chi connectivity index (χ3v) is 4.32. The van der Waals surface area contributed by atoms with Crippen LogP contribution in [0.1, 0.15) is 29.2 Å². The molecule has 1 unspecified atom stereocenters. The molecule has 1 rings (SSSR count). The number of aromatic nitrogens is 1. The van der Waals surface area contributed by atoms with Crippen molar-refractivity contribution in [3.63, 3.8) is 0 Å². The normalized spacial score (nSPS) is 12.2. The second kappa shape index (κ2) is 6.86. The Labute approximate surface area is 110 Å². The predicted molar refractivity (Wildman–Crippen MR) is 74.3 cm³/mol. The molecule has 6 heteroatoms. The van der Waals surface area contributed by atoms with E-state index >= 15 is 0 Å². The van der Waals surface area contributed by atoms with E-state index in [9.17, 15) is 4.79 Å². The highest BCUT2D eigenvalue weighted by Crippen LogP contribution is 2.24. The predicted octanol–water partition coefficient (Wildman–Crippen LogP) is 2.79. The van der Waals surface area contributed by atoms with Gasteiger partial charge in [0, 0.05) is 11.8 Å². The molecule has 0 aromatic carbocycles. The summed E-state index contributed by atoms with van der Waals surface area (Å²) in [6.45, 7) is 6.07. The van der Waals surface area contributed by atoms with Crippen LogP contribution in [0.25, 0.3) is 0 Å². The van der Waals surface area contributed by atoms with Gasteiger partial charge in [0.1, 0.15) is 4.88 Å². The van der Waals surface area contributed by atoms with Gasteiger partial charge in [0.25, 0.3) is 0 Å². The largest absolute Gasteiger partial charge is 0.465 e. The SMILES string of the molecule is CCSCC(C)Nc1nc(C)c(C(=O)OC)s1. The molecule has 1 heterocycles. The van der Waals surface area contributed by atoms with Crippen LogP contribution < -0.4 is 5.32 Å². The van der Waals surface area contributed by atoms with Crippen molar-refractivity contribution < 1.29 is 9.53 Å². The molecule has 96 valence electrons. The number of rotatable bonds is 6. The Morgan fingerprint density at radius 1 is 1.65 bits per heavy atom. The molecule has 1 atom stereocenters. The van der Waals surface area contributed by atoms with Crippen LogP contribution in [-0.2, 0) is 4.74 Å². The van der Waals surface area contributed by atoms with Crippen molar-refractivity contribution in [2.75, 3.05) is 23.9 Å². The summed E-state index contributed by atoms with van der Waals surface area (Å²) in [5.74, 6) is 1.82. The maximum atomic E-state index is 11.4. The smallest absolute Gasteiger partial charge is 0.350 e. The second-order valence-electron chi connectivity index (χ2n) is 3.63. The highest BCUT2D eigenvalue weighted by Gasteiger charge is 2.16. The summed E-state index contributed by atoms with van der Waals surface area (Å²) in [4.78, 5) is 16.3. The van der Waals surface area contributed by atoms with Gasteiger partial charge in [-0.2, -0.15) is 11.8 Å². The number of esters is 1. The van der Waals surface area contributed by atoms with Crippen LogP contribution in [0, 0.1) is 6.92 Å². The van der Waals surface area contributed by atoms with Crippen LogP contribution in [-0.4, -0.2) is 35.6 Å². The number of hydrogen-bond donors (Lipinski definition) is 1. The van der Waals surface area contributed by atoms with Gasteiger partial charge >= 0.3 is 5.97 Å². The number of methoxy groups -OCH3 is 1.